The van der Waals surface area contributed by atoms with Crippen molar-refractivity contribution in [3.63, 3.8) is 0 Å². The molecule has 1 heterocycles. The summed E-state index contributed by atoms with van der Waals surface area (Å²) in [5.41, 5.74) is 2.17. The number of halogens is 2. The average Bonchev–Trinajstić information content (AvgIpc) is 2.44. The van der Waals surface area contributed by atoms with Crippen molar-refractivity contribution >= 4 is 5.91 Å². The van der Waals surface area contributed by atoms with Gasteiger partial charge < -0.3 is 15.7 Å². The Kier molecular flexibility index (Phi) is 4.11. The number of carbonyl (C=O) groups is 1. The summed E-state index contributed by atoms with van der Waals surface area (Å²) in [5.74, 6) is -3.75. The number of nitrogens with one attached hydrogen (secondary N) is 2. The SMILES string of the molecule is O=C(NCC(F)(F)CO)C1Cc2ccccc2CN1. The summed E-state index contributed by atoms with van der Waals surface area (Å²) < 4.78 is 25.7. The van der Waals surface area contributed by atoms with Gasteiger partial charge in [0.1, 0.15) is 6.61 Å². The van der Waals surface area contributed by atoms with Gasteiger partial charge in [-0.25, -0.2) is 8.78 Å². The Bertz CT molecular complexity index is 466. The Morgan fingerprint density at radius 3 is 2.79 bits per heavy atom. The zero-order valence-electron chi connectivity index (χ0n) is 10.3. The molecule has 0 bridgehead atoms. The third-order valence-electron chi connectivity index (χ3n) is 3.15. The van der Waals surface area contributed by atoms with Gasteiger partial charge in [-0.05, 0) is 17.5 Å². The molecule has 1 atom stereocenters. The van der Waals surface area contributed by atoms with Crippen molar-refractivity contribution in [1.82, 2.24) is 10.6 Å². The number of amides is 1. The van der Waals surface area contributed by atoms with E-state index in [0.717, 1.165) is 11.1 Å². The Hall–Kier alpha value is -1.53. The van der Waals surface area contributed by atoms with Crippen LogP contribution in [0.2, 0.25) is 0 Å². The summed E-state index contributed by atoms with van der Waals surface area (Å²) in [5, 5.41) is 13.6. The van der Waals surface area contributed by atoms with E-state index in [1.54, 1.807) is 0 Å². The van der Waals surface area contributed by atoms with Gasteiger partial charge in [0.25, 0.3) is 5.92 Å². The molecule has 6 heteroatoms. The molecule has 2 rings (SSSR count). The summed E-state index contributed by atoms with van der Waals surface area (Å²) in [7, 11) is 0. The molecule has 3 N–H and O–H groups in total. The molecule has 0 saturated carbocycles. The van der Waals surface area contributed by atoms with Crippen LogP contribution in [0.5, 0.6) is 0 Å². The largest absolute Gasteiger partial charge is 0.390 e. The molecule has 0 aliphatic carbocycles. The maximum absolute atomic E-state index is 12.8. The molecule has 1 amide bonds. The second kappa shape index (κ2) is 5.63. The van der Waals surface area contributed by atoms with Gasteiger partial charge in [0, 0.05) is 6.54 Å². The van der Waals surface area contributed by atoms with Crippen LogP contribution in [0.1, 0.15) is 11.1 Å². The van der Waals surface area contributed by atoms with Crippen LogP contribution in [0.15, 0.2) is 24.3 Å². The molecule has 0 aromatic heterocycles. The molecule has 0 fully saturated rings. The molecule has 1 aliphatic heterocycles. The Morgan fingerprint density at radius 1 is 1.42 bits per heavy atom. The van der Waals surface area contributed by atoms with Gasteiger partial charge in [0.2, 0.25) is 5.91 Å². The second-order valence-electron chi connectivity index (χ2n) is 4.64. The fraction of sp³-hybridized carbons (Fsp3) is 0.462. The number of rotatable bonds is 4. The lowest BCUT2D eigenvalue weighted by atomic mass is 9.95. The van der Waals surface area contributed by atoms with E-state index < -0.39 is 31.0 Å². The molecule has 0 radical (unpaired) electrons. The molecule has 0 spiro atoms. The highest BCUT2D eigenvalue weighted by Crippen LogP contribution is 2.16. The van der Waals surface area contributed by atoms with Crippen molar-refractivity contribution in [1.29, 1.82) is 0 Å². The predicted molar refractivity (Wildman–Crippen MR) is 65.8 cm³/mol. The van der Waals surface area contributed by atoms with Crippen molar-refractivity contribution in [3.8, 4) is 0 Å². The maximum Gasteiger partial charge on any atom is 0.287 e. The minimum absolute atomic E-state index is 0.470. The van der Waals surface area contributed by atoms with Crippen LogP contribution in [-0.2, 0) is 17.8 Å². The second-order valence-corrected chi connectivity index (χ2v) is 4.64. The number of hydrogen-bond donors (Lipinski definition) is 3. The van der Waals surface area contributed by atoms with Crippen LogP contribution in [0.3, 0.4) is 0 Å². The predicted octanol–water partition coefficient (Wildman–Crippen LogP) is 0.445. The molecular formula is C13H16F2N2O2. The molecule has 1 aliphatic rings. The van der Waals surface area contributed by atoms with Crippen molar-refractivity contribution in [2.75, 3.05) is 13.2 Å². The lowest BCUT2D eigenvalue weighted by Gasteiger charge is -2.26. The molecule has 1 aromatic rings. The zero-order chi connectivity index (χ0) is 13.9. The first-order valence-corrected chi connectivity index (χ1v) is 6.08. The van der Waals surface area contributed by atoms with Gasteiger partial charge >= 0.3 is 0 Å². The summed E-state index contributed by atoms with van der Waals surface area (Å²) >= 11 is 0. The summed E-state index contributed by atoms with van der Waals surface area (Å²) in [6.07, 6.45) is 0.479. The summed E-state index contributed by atoms with van der Waals surface area (Å²) in [6.45, 7) is -1.57. The van der Waals surface area contributed by atoms with E-state index in [2.05, 4.69) is 10.6 Å². The third-order valence-corrected chi connectivity index (χ3v) is 3.15. The number of aliphatic hydroxyl groups is 1. The van der Waals surface area contributed by atoms with E-state index in [1.807, 2.05) is 24.3 Å². The number of carbonyl (C=O) groups excluding carboxylic acids is 1. The highest BCUT2D eigenvalue weighted by molar-refractivity contribution is 5.82. The molecule has 104 valence electrons. The van der Waals surface area contributed by atoms with Gasteiger partial charge in [-0.15, -0.1) is 0 Å². The van der Waals surface area contributed by atoms with E-state index in [4.69, 9.17) is 5.11 Å². The van der Waals surface area contributed by atoms with E-state index in [1.165, 1.54) is 0 Å². The van der Waals surface area contributed by atoms with Crippen molar-refractivity contribution in [2.24, 2.45) is 0 Å². The zero-order valence-corrected chi connectivity index (χ0v) is 10.3. The Morgan fingerprint density at radius 2 is 2.11 bits per heavy atom. The molecule has 1 unspecified atom stereocenters. The van der Waals surface area contributed by atoms with E-state index in [-0.39, 0.29) is 0 Å². The van der Waals surface area contributed by atoms with Crippen LogP contribution >= 0.6 is 0 Å². The molecule has 19 heavy (non-hydrogen) atoms. The minimum Gasteiger partial charge on any atom is -0.390 e. The monoisotopic (exact) mass is 270 g/mol. The van der Waals surface area contributed by atoms with Gasteiger partial charge in [0.05, 0.1) is 12.6 Å². The topological polar surface area (TPSA) is 61.4 Å². The minimum atomic E-state index is -3.28. The number of fused-ring (bicyclic) bond motifs is 1. The molecule has 1 aromatic carbocycles. The number of hydrogen-bond acceptors (Lipinski definition) is 3. The Labute approximate surface area is 109 Å². The normalized spacial score (nSPS) is 18.8. The van der Waals surface area contributed by atoms with Gasteiger partial charge in [-0.3, -0.25) is 4.79 Å². The highest BCUT2D eigenvalue weighted by atomic mass is 19.3. The fourth-order valence-corrected chi connectivity index (χ4v) is 2.04. The molecule has 0 saturated heterocycles. The van der Waals surface area contributed by atoms with Gasteiger partial charge in [-0.2, -0.15) is 0 Å². The third kappa shape index (κ3) is 3.48. The number of aliphatic hydroxyl groups excluding tert-OH is 1. The molecular weight excluding hydrogens is 254 g/mol. The van der Waals surface area contributed by atoms with Crippen LogP contribution in [0.25, 0.3) is 0 Å². The van der Waals surface area contributed by atoms with Crippen LogP contribution in [-0.4, -0.2) is 36.1 Å². The highest BCUT2D eigenvalue weighted by Gasteiger charge is 2.30. The number of alkyl halides is 2. The summed E-state index contributed by atoms with van der Waals surface area (Å²) in [6, 6.07) is 7.20. The molecule has 4 nitrogen and oxygen atoms in total. The lowest BCUT2D eigenvalue weighted by Crippen LogP contribution is -2.50. The van der Waals surface area contributed by atoms with Crippen molar-refractivity contribution < 1.29 is 18.7 Å². The van der Waals surface area contributed by atoms with Crippen molar-refractivity contribution in [2.45, 2.75) is 24.9 Å². The first kappa shape index (κ1) is 13.9. The van der Waals surface area contributed by atoms with Crippen LogP contribution in [0, 0.1) is 0 Å². The van der Waals surface area contributed by atoms with E-state index in [0.29, 0.717) is 13.0 Å². The standard InChI is InChI=1S/C13H16F2N2O2/c14-13(15,8-18)7-17-12(19)11-5-9-3-1-2-4-10(9)6-16-11/h1-4,11,16,18H,5-8H2,(H,17,19). The first-order valence-electron chi connectivity index (χ1n) is 6.08. The van der Waals surface area contributed by atoms with Crippen LogP contribution < -0.4 is 10.6 Å². The van der Waals surface area contributed by atoms with E-state index in [9.17, 15) is 13.6 Å². The van der Waals surface area contributed by atoms with Crippen molar-refractivity contribution in [3.05, 3.63) is 35.4 Å². The van der Waals surface area contributed by atoms with Gasteiger partial charge in [-0.1, -0.05) is 24.3 Å². The fourth-order valence-electron chi connectivity index (χ4n) is 2.04. The average molecular weight is 270 g/mol. The van der Waals surface area contributed by atoms with Crippen LogP contribution in [0.4, 0.5) is 8.78 Å². The lowest BCUT2D eigenvalue weighted by molar-refractivity contribution is -0.126. The number of benzene rings is 1. The van der Waals surface area contributed by atoms with E-state index >= 15 is 0 Å². The quantitative estimate of drug-likeness (QED) is 0.744. The summed E-state index contributed by atoms with van der Waals surface area (Å²) in [4.78, 5) is 11.8. The maximum atomic E-state index is 12.8. The Balaban J connectivity index is 1.92. The van der Waals surface area contributed by atoms with Gasteiger partial charge in [0.15, 0.2) is 0 Å². The first-order chi connectivity index (χ1) is 9.02. The smallest absolute Gasteiger partial charge is 0.287 e.